The molecule has 76 valence electrons. The second-order valence-electron chi connectivity index (χ2n) is 4.41. The Morgan fingerprint density at radius 1 is 1.23 bits per heavy atom. The lowest BCUT2D eigenvalue weighted by atomic mass is 9.59. The van der Waals surface area contributed by atoms with Crippen LogP contribution >= 0.6 is 0 Å². The molecule has 0 amide bonds. The van der Waals surface area contributed by atoms with E-state index in [-0.39, 0.29) is 11.7 Å². The van der Waals surface area contributed by atoms with E-state index in [1.54, 1.807) is 0 Å². The first-order chi connectivity index (χ1) is 6.06. The molecule has 4 heteroatoms. The second-order valence-corrected chi connectivity index (χ2v) is 5.82. The monoisotopic (exact) mass is 206 g/mol. The number of halogens is 1. The molecule has 0 aromatic rings. The van der Waals surface area contributed by atoms with Crippen LogP contribution < -0.4 is 0 Å². The fourth-order valence-corrected chi connectivity index (χ4v) is 3.86. The lowest BCUT2D eigenvalue weighted by molar-refractivity contribution is 0.0436. The molecule has 0 unspecified atom stereocenters. The average Bonchev–Trinajstić information content (AvgIpc) is 1.99. The largest absolute Gasteiger partial charge is 0.302 e. The highest BCUT2D eigenvalue weighted by Crippen LogP contribution is 2.49. The Bertz CT molecular complexity index is 286. The Hall–Kier alpha value is -0.120. The van der Waals surface area contributed by atoms with Crippen molar-refractivity contribution in [3.05, 3.63) is 0 Å². The minimum atomic E-state index is -4.23. The first-order valence-electron chi connectivity index (χ1n) is 4.98. The summed E-state index contributed by atoms with van der Waals surface area (Å²) in [5.41, 5.74) is 0. The van der Waals surface area contributed by atoms with Crippen LogP contribution in [0.15, 0.2) is 0 Å². The van der Waals surface area contributed by atoms with E-state index in [1.165, 1.54) is 19.3 Å². The molecule has 0 aromatic heterocycles. The van der Waals surface area contributed by atoms with Crippen LogP contribution in [0.2, 0.25) is 0 Å². The van der Waals surface area contributed by atoms with Crippen LogP contribution in [0.4, 0.5) is 3.89 Å². The van der Waals surface area contributed by atoms with Crippen LogP contribution in [0.1, 0.15) is 32.1 Å². The van der Waals surface area contributed by atoms with Crippen molar-refractivity contribution in [2.24, 2.45) is 17.8 Å². The van der Waals surface area contributed by atoms with Gasteiger partial charge in [-0.2, -0.15) is 8.42 Å². The summed E-state index contributed by atoms with van der Waals surface area (Å²) in [6.45, 7) is 0. The molecule has 0 N–H and O–H groups in total. The predicted octanol–water partition coefficient (Wildman–Crippen LogP) is 2.11. The van der Waals surface area contributed by atoms with Gasteiger partial charge in [-0.3, -0.25) is 0 Å². The van der Waals surface area contributed by atoms with Gasteiger partial charge in [0.15, 0.2) is 0 Å². The molecule has 0 bridgehead atoms. The van der Waals surface area contributed by atoms with Gasteiger partial charge in [0.1, 0.15) is 0 Å². The van der Waals surface area contributed by atoms with E-state index in [2.05, 4.69) is 0 Å². The Kier molecular flexibility index (Phi) is 2.34. The van der Waals surface area contributed by atoms with Crippen molar-refractivity contribution in [1.29, 1.82) is 0 Å². The number of rotatable bonds is 2. The SMILES string of the molecule is O=S(=O)(F)C[C@@H]1C[C@@H]2CCCC[C@@H]21. The minimum absolute atomic E-state index is 0.125. The van der Waals surface area contributed by atoms with Crippen LogP contribution in [0.5, 0.6) is 0 Å². The molecular formula is C9H15FO2S. The summed E-state index contributed by atoms with van der Waals surface area (Å²) < 4.78 is 33.3. The van der Waals surface area contributed by atoms with E-state index in [0.29, 0.717) is 11.8 Å². The summed E-state index contributed by atoms with van der Waals surface area (Å²) in [7, 11) is -4.23. The highest BCUT2D eigenvalue weighted by atomic mass is 32.3. The lowest BCUT2D eigenvalue weighted by Crippen LogP contribution is -2.41. The fraction of sp³-hybridized carbons (Fsp3) is 1.00. The minimum Gasteiger partial charge on any atom is -0.195 e. The van der Waals surface area contributed by atoms with E-state index in [1.807, 2.05) is 0 Å². The zero-order valence-corrected chi connectivity index (χ0v) is 8.39. The molecule has 0 saturated heterocycles. The van der Waals surface area contributed by atoms with Gasteiger partial charge >= 0.3 is 10.2 Å². The van der Waals surface area contributed by atoms with E-state index in [0.717, 1.165) is 12.8 Å². The van der Waals surface area contributed by atoms with Crippen LogP contribution in [0.25, 0.3) is 0 Å². The van der Waals surface area contributed by atoms with Gasteiger partial charge in [-0.1, -0.05) is 19.3 Å². The van der Waals surface area contributed by atoms with Crippen LogP contribution in [0.3, 0.4) is 0 Å². The lowest BCUT2D eigenvalue weighted by Gasteiger charge is -2.47. The third-order valence-electron chi connectivity index (χ3n) is 3.59. The molecule has 2 saturated carbocycles. The maximum absolute atomic E-state index is 12.4. The molecule has 2 aliphatic carbocycles. The first-order valence-corrected chi connectivity index (χ1v) is 6.54. The first kappa shape index (κ1) is 9.44. The van der Waals surface area contributed by atoms with Gasteiger partial charge < -0.3 is 0 Å². The maximum atomic E-state index is 12.4. The molecule has 0 heterocycles. The van der Waals surface area contributed by atoms with Gasteiger partial charge in [-0.05, 0) is 30.6 Å². The maximum Gasteiger partial charge on any atom is 0.302 e. The van der Waals surface area contributed by atoms with Crippen molar-refractivity contribution in [2.45, 2.75) is 32.1 Å². The van der Waals surface area contributed by atoms with Crippen molar-refractivity contribution in [1.82, 2.24) is 0 Å². The number of hydrogen-bond donors (Lipinski definition) is 0. The highest BCUT2D eigenvalue weighted by molar-refractivity contribution is 7.86. The van der Waals surface area contributed by atoms with Crippen LogP contribution in [0, 0.1) is 17.8 Å². The summed E-state index contributed by atoms with van der Waals surface area (Å²) in [6.07, 6.45) is 5.76. The van der Waals surface area contributed by atoms with Gasteiger partial charge in [-0.25, -0.2) is 0 Å². The summed E-state index contributed by atoms with van der Waals surface area (Å²) in [5, 5.41) is 0. The highest BCUT2D eigenvalue weighted by Gasteiger charge is 2.43. The topological polar surface area (TPSA) is 34.1 Å². The Morgan fingerprint density at radius 2 is 1.92 bits per heavy atom. The molecule has 2 nitrogen and oxygen atoms in total. The van der Waals surface area contributed by atoms with E-state index in [4.69, 9.17) is 0 Å². The zero-order valence-electron chi connectivity index (χ0n) is 7.58. The smallest absolute Gasteiger partial charge is 0.195 e. The van der Waals surface area contributed by atoms with Gasteiger partial charge in [0.05, 0.1) is 5.75 Å². The Labute approximate surface area is 78.7 Å². The molecule has 2 aliphatic rings. The molecular weight excluding hydrogens is 191 g/mol. The van der Waals surface area contributed by atoms with Gasteiger partial charge in [0.25, 0.3) is 0 Å². The molecule has 0 aromatic carbocycles. The molecule has 0 aliphatic heterocycles. The van der Waals surface area contributed by atoms with E-state index < -0.39 is 10.2 Å². The average molecular weight is 206 g/mol. The van der Waals surface area contributed by atoms with Gasteiger partial charge in [0.2, 0.25) is 0 Å². The van der Waals surface area contributed by atoms with Gasteiger partial charge in [0, 0.05) is 0 Å². The normalized spacial score (nSPS) is 39.3. The van der Waals surface area contributed by atoms with Crippen molar-refractivity contribution >= 4 is 10.2 Å². The van der Waals surface area contributed by atoms with E-state index >= 15 is 0 Å². The van der Waals surface area contributed by atoms with Crippen molar-refractivity contribution in [3.63, 3.8) is 0 Å². The van der Waals surface area contributed by atoms with Crippen molar-refractivity contribution in [3.8, 4) is 0 Å². The van der Waals surface area contributed by atoms with E-state index in [9.17, 15) is 12.3 Å². The second kappa shape index (κ2) is 3.23. The fourth-order valence-electron chi connectivity index (χ4n) is 2.96. The molecule has 3 atom stereocenters. The third-order valence-corrected chi connectivity index (χ3v) is 4.42. The van der Waals surface area contributed by atoms with Gasteiger partial charge in [-0.15, -0.1) is 3.89 Å². The molecule has 0 spiro atoms. The summed E-state index contributed by atoms with van der Waals surface area (Å²) >= 11 is 0. The number of hydrogen-bond acceptors (Lipinski definition) is 2. The summed E-state index contributed by atoms with van der Waals surface area (Å²) in [6, 6.07) is 0. The summed E-state index contributed by atoms with van der Waals surface area (Å²) in [4.78, 5) is 0. The third kappa shape index (κ3) is 2.03. The van der Waals surface area contributed by atoms with Crippen molar-refractivity contribution in [2.75, 3.05) is 5.75 Å². The molecule has 2 fully saturated rings. The standard InChI is InChI=1S/C9H15FO2S/c10-13(11,12)6-8-5-7-3-1-2-4-9(7)8/h7-9H,1-6H2/t7-,8-,9-/m0/s1. The molecule has 2 rings (SSSR count). The number of fused-ring (bicyclic) bond motifs is 1. The van der Waals surface area contributed by atoms with Crippen molar-refractivity contribution < 1.29 is 12.3 Å². The Balaban J connectivity index is 1.91. The Morgan fingerprint density at radius 3 is 2.54 bits per heavy atom. The summed E-state index contributed by atoms with van der Waals surface area (Å²) in [5.74, 6) is 1.12. The van der Waals surface area contributed by atoms with Crippen LogP contribution in [-0.2, 0) is 10.2 Å². The van der Waals surface area contributed by atoms with Crippen LogP contribution in [-0.4, -0.2) is 14.2 Å². The predicted molar refractivity (Wildman–Crippen MR) is 48.4 cm³/mol. The molecule has 0 radical (unpaired) electrons. The zero-order chi connectivity index (χ0) is 9.47. The molecule has 13 heavy (non-hydrogen) atoms. The quantitative estimate of drug-likeness (QED) is 0.648.